The molecule has 138 valence electrons. The number of aromatic nitrogens is 1. The minimum absolute atomic E-state index is 0.0348. The summed E-state index contributed by atoms with van der Waals surface area (Å²) in [5.41, 5.74) is 6.40. The Morgan fingerprint density at radius 2 is 1.75 bits per heavy atom. The molecular formula is C24H20N2O2. The van der Waals surface area contributed by atoms with Gasteiger partial charge in [-0.3, -0.25) is 14.6 Å². The summed E-state index contributed by atoms with van der Waals surface area (Å²) in [7, 11) is 0. The Morgan fingerprint density at radius 1 is 0.964 bits per heavy atom. The fourth-order valence-corrected chi connectivity index (χ4v) is 3.59. The second-order valence-corrected chi connectivity index (χ2v) is 6.89. The zero-order valence-corrected chi connectivity index (χ0v) is 15.8. The highest BCUT2D eigenvalue weighted by Crippen LogP contribution is 2.32. The zero-order chi connectivity index (χ0) is 19.7. The van der Waals surface area contributed by atoms with Gasteiger partial charge in [-0.05, 0) is 41.3 Å². The number of fused-ring (bicyclic) bond motifs is 2. The molecule has 0 fully saturated rings. The number of pyridine rings is 1. The summed E-state index contributed by atoms with van der Waals surface area (Å²) in [5, 5.41) is 0. The van der Waals surface area contributed by atoms with Gasteiger partial charge < -0.3 is 4.90 Å². The summed E-state index contributed by atoms with van der Waals surface area (Å²) in [5.74, 6) is -0.00218. The number of Topliss-reactive ketones (excluding diaryl/α,β-unsaturated/α-hetero) is 1. The van der Waals surface area contributed by atoms with E-state index in [-0.39, 0.29) is 11.7 Å². The number of carbonyl (C=O) groups is 2. The van der Waals surface area contributed by atoms with Gasteiger partial charge in [0.2, 0.25) is 5.91 Å². The van der Waals surface area contributed by atoms with E-state index in [2.05, 4.69) is 17.1 Å². The lowest BCUT2D eigenvalue weighted by atomic mass is 9.93. The largest absolute Gasteiger partial charge is 0.306 e. The van der Waals surface area contributed by atoms with Crippen molar-refractivity contribution in [2.45, 2.75) is 20.4 Å². The predicted molar refractivity (Wildman–Crippen MR) is 112 cm³/mol. The molecule has 1 aliphatic heterocycles. The van der Waals surface area contributed by atoms with E-state index in [1.807, 2.05) is 48.5 Å². The maximum atomic E-state index is 12.4. The summed E-state index contributed by atoms with van der Waals surface area (Å²) in [6, 6.07) is 15.7. The Morgan fingerprint density at radius 3 is 2.54 bits per heavy atom. The van der Waals surface area contributed by atoms with Crippen LogP contribution in [0.15, 0.2) is 60.9 Å². The molecule has 4 heteroatoms. The average molecular weight is 368 g/mol. The summed E-state index contributed by atoms with van der Waals surface area (Å²) < 4.78 is 0. The summed E-state index contributed by atoms with van der Waals surface area (Å²) in [6.07, 6.45) is 7.52. The molecule has 3 aromatic rings. The zero-order valence-electron chi connectivity index (χ0n) is 15.8. The first kappa shape index (κ1) is 17.9. The van der Waals surface area contributed by atoms with E-state index in [4.69, 9.17) is 0 Å². The quantitative estimate of drug-likeness (QED) is 0.599. The fourth-order valence-electron chi connectivity index (χ4n) is 3.59. The Labute approximate surface area is 164 Å². The van der Waals surface area contributed by atoms with Gasteiger partial charge in [-0.2, -0.15) is 0 Å². The van der Waals surface area contributed by atoms with Crippen molar-refractivity contribution in [3.63, 3.8) is 0 Å². The molecule has 4 nitrogen and oxygen atoms in total. The van der Waals surface area contributed by atoms with Gasteiger partial charge in [0.25, 0.3) is 0 Å². The number of ketones is 1. The van der Waals surface area contributed by atoms with E-state index in [0.717, 1.165) is 33.5 Å². The predicted octanol–water partition coefficient (Wildman–Crippen LogP) is 4.99. The molecular weight excluding hydrogens is 348 g/mol. The van der Waals surface area contributed by atoms with Crippen LogP contribution < -0.4 is 4.90 Å². The average Bonchev–Trinajstić information content (AvgIpc) is 2.69. The van der Waals surface area contributed by atoms with Crippen molar-refractivity contribution >= 4 is 29.5 Å². The van der Waals surface area contributed by atoms with Crippen LogP contribution in [0.5, 0.6) is 0 Å². The number of amides is 1. The maximum absolute atomic E-state index is 12.4. The third kappa shape index (κ3) is 3.25. The number of benzene rings is 2. The Balaban J connectivity index is 1.85. The number of hydrogen-bond acceptors (Lipinski definition) is 3. The molecule has 1 amide bonds. The molecule has 2 aromatic carbocycles. The van der Waals surface area contributed by atoms with Gasteiger partial charge in [0.15, 0.2) is 5.78 Å². The van der Waals surface area contributed by atoms with Gasteiger partial charge >= 0.3 is 0 Å². The van der Waals surface area contributed by atoms with E-state index in [9.17, 15) is 9.59 Å². The molecule has 4 rings (SSSR count). The summed E-state index contributed by atoms with van der Waals surface area (Å²) in [4.78, 5) is 30.3. The lowest BCUT2D eigenvalue weighted by molar-refractivity contribution is -0.116. The minimum Gasteiger partial charge on any atom is -0.306 e. The molecule has 0 N–H and O–H groups in total. The first-order chi connectivity index (χ1) is 13.5. The highest BCUT2D eigenvalue weighted by molar-refractivity contribution is 6.01. The number of rotatable bonds is 2. The standard InChI is InChI=1S/C24H20N2O2/c1-16(27)22-5-3-4-6-23(22)20-10-8-18-7-9-19-11-12-25-14-24(19)26(17(2)28)15-21(18)13-20/h3-14H,15H2,1-2H3. The molecule has 1 aromatic heterocycles. The highest BCUT2D eigenvalue weighted by Gasteiger charge is 2.19. The van der Waals surface area contributed by atoms with Crippen molar-refractivity contribution in [1.29, 1.82) is 0 Å². The molecule has 0 bridgehead atoms. The van der Waals surface area contributed by atoms with Crippen LogP contribution >= 0.6 is 0 Å². The molecule has 1 aliphatic rings. The first-order valence-electron chi connectivity index (χ1n) is 9.18. The normalized spacial score (nSPS) is 12.6. The number of anilines is 1. The van der Waals surface area contributed by atoms with Gasteiger partial charge in [0.05, 0.1) is 18.4 Å². The van der Waals surface area contributed by atoms with E-state index < -0.39 is 0 Å². The van der Waals surface area contributed by atoms with Gasteiger partial charge in [-0.25, -0.2) is 0 Å². The summed E-state index contributed by atoms with van der Waals surface area (Å²) >= 11 is 0. The van der Waals surface area contributed by atoms with Crippen LogP contribution in [0.4, 0.5) is 5.69 Å². The molecule has 28 heavy (non-hydrogen) atoms. The molecule has 0 atom stereocenters. The third-order valence-corrected chi connectivity index (χ3v) is 5.03. The number of carbonyl (C=O) groups excluding carboxylic acids is 2. The van der Waals surface area contributed by atoms with Crippen molar-refractivity contribution in [3.05, 3.63) is 83.2 Å². The van der Waals surface area contributed by atoms with Crippen molar-refractivity contribution in [1.82, 2.24) is 4.98 Å². The molecule has 0 saturated carbocycles. The number of nitrogens with zero attached hydrogens (tertiary/aromatic N) is 2. The first-order valence-corrected chi connectivity index (χ1v) is 9.18. The molecule has 0 aliphatic carbocycles. The van der Waals surface area contributed by atoms with Crippen LogP contribution in [0, 0.1) is 0 Å². The van der Waals surface area contributed by atoms with E-state index in [1.54, 1.807) is 31.1 Å². The molecule has 2 heterocycles. The van der Waals surface area contributed by atoms with Crippen LogP contribution in [-0.2, 0) is 11.3 Å². The fraction of sp³-hybridized carbons (Fsp3) is 0.125. The maximum Gasteiger partial charge on any atom is 0.224 e. The Hall–Kier alpha value is -3.53. The van der Waals surface area contributed by atoms with Crippen molar-refractivity contribution < 1.29 is 9.59 Å². The van der Waals surface area contributed by atoms with Gasteiger partial charge in [-0.1, -0.05) is 48.6 Å². The topological polar surface area (TPSA) is 50.3 Å². The highest BCUT2D eigenvalue weighted by atomic mass is 16.2. The lowest BCUT2D eigenvalue weighted by Gasteiger charge is -2.25. The van der Waals surface area contributed by atoms with Gasteiger partial charge in [0, 0.05) is 24.2 Å². The van der Waals surface area contributed by atoms with Crippen molar-refractivity contribution in [3.8, 4) is 11.1 Å². The van der Waals surface area contributed by atoms with Crippen LogP contribution in [0.3, 0.4) is 0 Å². The molecule has 0 unspecified atom stereocenters. The van der Waals surface area contributed by atoms with Crippen LogP contribution in [0.1, 0.15) is 40.9 Å². The molecule has 0 spiro atoms. The van der Waals surface area contributed by atoms with E-state index in [1.165, 1.54) is 0 Å². The van der Waals surface area contributed by atoms with Crippen molar-refractivity contribution in [2.75, 3.05) is 4.90 Å². The van der Waals surface area contributed by atoms with E-state index in [0.29, 0.717) is 12.1 Å². The monoisotopic (exact) mass is 368 g/mol. The summed E-state index contributed by atoms with van der Waals surface area (Å²) in [6.45, 7) is 3.59. The molecule has 0 radical (unpaired) electrons. The Kier molecular flexibility index (Phi) is 4.62. The molecule has 0 saturated heterocycles. The van der Waals surface area contributed by atoms with Crippen molar-refractivity contribution in [2.24, 2.45) is 0 Å². The lowest BCUT2D eigenvalue weighted by Crippen LogP contribution is -2.29. The van der Waals surface area contributed by atoms with Crippen LogP contribution in [0.2, 0.25) is 0 Å². The minimum atomic E-state index is -0.0370. The van der Waals surface area contributed by atoms with E-state index >= 15 is 0 Å². The van der Waals surface area contributed by atoms with Gasteiger partial charge in [0.1, 0.15) is 0 Å². The second kappa shape index (κ2) is 7.24. The SMILES string of the molecule is CC(=O)c1ccccc1-c1ccc2c(c1)CN(C(C)=O)c1cnccc1C=C2. The smallest absolute Gasteiger partial charge is 0.224 e. The van der Waals surface area contributed by atoms with Crippen LogP contribution in [-0.4, -0.2) is 16.7 Å². The second-order valence-electron chi connectivity index (χ2n) is 6.89. The van der Waals surface area contributed by atoms with Gasteiger partial charge in [-0.15, -0.1) is 0 Å². The van der Waals surface area contributed by atoms with Crippen LogP contribution in [0.25, 0.3) is 23.3 Å². The third-order valence-electron chi connectivity index (χ3n) is 5.03. The number of hydrogen-bond donors (Lipinski definition) is 0. The Bertz CT molecular complexity index is 1120.